The first-order valence-electron chi connectivity index (χ1n) is 9.24. The third kappa shape index (κ3) is 4.45. The van der Waals surface area contributed by atoms with Gasteiger partial charge in [0.1, 0.15) is 5.76 Å². The highest BCUT2D eigenvalue weighted by atomic mass is 32.1. The number of oxazole rings is 1. The van der Waals surface area contributed by atoms with Crippen molar-refractivity contribution in [2.45, 2.75) is 39.3 Å². The third-order valence-corrected chi connectivity index (χ3v) is 5.55. The van der Waals surface area contributed by atoms with Gasteiger partial charge in [0.2, 0.25) is 17.6 Å². The van der Waals surface area contributed by atoms with Crippen LogP contribution in [0, 0.1) is 0 Å². The van der Waals surface area contributed by atoms with Crippen LogP contribution < -0.4 is 0 Å². The van der Waals surface area contributed by atoms with Crippen molar-refractivity contribution < 1.29 is 8.94 Å². The average Bonchev–Trinajstić information content (AvgIpc) is 3.37. The van der Waals surface area contributed by atoms with E-state index in [-0.39, 0.29) is 5.41 Å². The summed E-state index contributed by atoms with van der Waals surface area (Å²) in [6, 6.07) is 4.00. The minimum absolute atomic E-state index is 0.00398. The van der Waals surface area contributed by atoms with Crippen molar-refractivity contribution in [3.05, 3.63) is 41.3 Å². The molecular weight excluding hydrogens is 362 g/mol. The molecule has 0 amide bonds. The maximum atomic E-state index is 5.91. The first-order valence-corrected chi connectivity index (χ1v) is 10.1. The lowest BCUT2D eigenvalue weighted by Gasteiger charge is -2.33. The smallest absolute Gasteiger partial charge is 0.241 e. The summed E-state index contributed by atoms with van der Waals surface area (Å²) in [6.07, 6.45) is 1.85. The van der Waals surface area contributed by atoms with Crippen LogP contribution in [0.1, 0.15) is 38.3 Å². The van der Waals surface area contributed by atoms with Crippen LogP contribution in [0.15, 0.2) is 32.6 Å². The Morgan fingerprint density at radius 2 is 1.78 bits per heavy atom. The number of aromatic nitrogens is 3. The van der Waals surface area contributed by atoms with Gasteiger partial charge in [-0.1, -0.05) is 32.0 Å². The molecule has 1 aliphatic rings. The van der Waals surface area contributed by atoms with Crippen LogP contribution in [0.25, 0.3) is 10.7 Å². The molecule has 7 nitrogen and oxygen atoms in total. The molecule has 0 atom stereocenters. The highest BCUT2D eigenvalue weighted by molar-refractivity contribution is 7.13. The molecule has 144 valence electrons. The van der Waals surface area contributed by atoms with Gasteiger partial charge in [-0.3, -0.25) is 9.80 Å². The SMILES string of the molecule is CC(C)(C)c1cnc(CN2CCN(Cc3nc(-c4cccs4)no3)CC2)o1. The standard InChI is InChI=1S/C19H25N5O2S/c1-19(2,3)15-11-20-16(25-15)12-23-6-8-24(9-7-23)13-17-21-18(22-26-17)14-5-4-10-27-14/h4-5,10-11H,6-9,12-13H2,1-3H3. The van der Waals surface area contributed by atoms with Gasteiger partial charge in [0.15, 0.2) is 0 Å². The zero-order valence-electron chi connectivity index (χ0n) is 16.0. The largest absolute Gasteiger partial charge is 0.444 e. The predicted molar refractivity (Wildman–Crippen MR) is 103 cm³/mol. The number of nitrogens with zero attached hydrogens (tertiary/aromatic N) is 5. The second-order valence-electron chi connectivity index (χ2n) is 7.91. The van der Waals surface area contributed by atoms with Gasteiger partial charge in [0.05, 0.1) is 24.2 Å². The molecule has 0 aromatic carbocycles. The van der Waals surface area contributed by atoms with E-state index in [0.717, 1.165) is 49.3 Å². The molecule has 1 fully saturated rings. The molecule has 1 saturated heterocycles. The molecule has 3 aromatic heterocycles. The molecule has 0 N–H and O–H groups in total. The molecular formula is C19H25N5O2S. The van der Waals surface area contributed by atoms with Crippen molar-refractivity contribution in [2.24, 2.45) is 0 Å². The summed E-state index contributed by atoms with van der Waals surface area (Å²) in [6.45, 7) is 11.7. The number of hydrogen-bond donors (Lipinski definition) is 0. The van der Waals surface area contributed by atoms with Gasteiger partial charge in [0.25, 0.3) is 0 Å². The summed E-state index contributed by atoms with van der Waals surface area (Å²) >= 11 is 1.62. The summed E-state index contributed by atoms with van der Waals surface area (Å²) in [5.41, 5.74) is -0.00398. The van der Waals surface area contributed by atoms with Crippen molar-refractivity contribution in [1.29, 1.82) is 0 Å². The third-order valence-electron chi connectivity index (χ3n) is 4.69. The molecule has 27 heavy (non-hydrogen) atoms. The van der Waals surface area contributed by atoms with E-state index in [1.165, 1.54) is 0 Å². The van der Waals surface area contributed by atoms with Crippen LogP contribution in [-0.4, -0.2) is 51.1 Å². The lowest BCUT2D eigenvalue weighted by Crippen LogP contribution is -2.45. The molecule has 0 aliphatic carbocycles. The molecule has 0 saturated carbocycles. The van der Waals surface area contributed by atoms with Crippen LogP contribution in [-0.2, 0) is 18.5 Å². The van der Waals surface area contributed by atoms with Crippen molar-refractivity contribution in [3.63, 3.8) is 0 Å². The maximum Gasteiger partial charge on any atom is 0.241 e. The highest BCUT2D eigenvalue weighted by Gasteiger charge is 2.23. The lowest BCUT2D eigenvalue weighted by molar-refractivity contribution is 0.105. The Hall–Kier alpha value is -2.03. The first kappa shape index (κ1) is 18.3. The molecule has 4 heterocycles. The zero-order valence-corrected chi connectivity index (χ0v) is 16.8. The molecule has 0 radical (unpaired) electrons. The summed E-state index contributed by atoms with van der Waals surface area (Å²) in [5, 5.41) is 6.10. The van der Waals surface area contributed by atoms with Gasteiger partial charge < -0.3 is 8.94 Å². The molecule has 3 aromatic rings. The van der Waals surface area contributed by atoms with E-state index in [1.807, 2.05) is 23.7 Å². The summed E-state index contributed by atoms with van der Waals surface area (Å²) < 4.78 is 11.3. The van der Waals surface area contributed by atoms with Crippen LogP contribution in [0.4, 0.5) is 0 Å². The molecule has 8 heteroatoms. The van der Waals surface area contributed by atoms with E-state index in [0.29, 0.717) is 18.3 Å². The summed E-state index contributed by atoms with van der Waals surface area (Å²) in [4.78, 5) is 14.7. The number of hydrogen-bond acceptors (Lipinski definition) is 8. The summed E-state index contributed by atoms with van der Waals surface area (Å²) in [7, 11) is 0. The van der Waals surface area contributed by atoms with Crippen molar-refractivity contribution in [3.8, 4) is 10.7 Å². The van der Waals surface area contributed by atoms with E-state index in [9.17, 15) is 0 Å². The van der Waals surface area contributed by atoms with E-state index < -0.39 is 0 Å². The second kappa shape index (κ2) is 7.53. The van der Waals surface area contributed by atoms with E-state index in [1.54, 1.807) is 11.3 Å². The number of piperazine rings is 1. The Labute approximate surface area is 163 Å². The minimum Gasteiger partial charge on any atom is -0.444 e. The van der Waals surface area contributed by atoms with Gasteiger partial charge in [-0.25, -0.2) is 4.98 Å². The Balaban J connectivity index is 1.27. The van der Waals surface area contributed by atoms with Crippen LogP contribution in [0.2, 0.25) is 0 Å². The normalized spacial score (nSPS) is 16.9. The fourth-order valence-electron chi connectivity index (χ4n) is 3.04. The second-order valence-corrected chi connectivity index (χ2v) is 8.86. The lowest BCUT2D eigenvalue weighted by atomic mass is 9.94. The Bertz CT molecular complexity index is 857. The van der Waals surface area contributed by atoms with Crippen molar-refractivity contribution in [2.75, 3.05) is 26.2 Å². The molecule has 1 aliphatic heterocycles. The summed E-state index contributed by atoms with van der Waals surface area (Å²) in [5.74, 6) is 3.09. The molecule has 0 unspecified atom stereocenters. The predicted octanol–water partition coefficient (Wildman–Crippen LogP) is 3.40. The van der Waals surface area contributed by atoms with Crippen LogP contribution in [0.5, 0.6) is 0 Å². The molecule has 0 spiro atoms. The highest BCUT2D eigenvalue weighted by Crippen LogP contribution is 2.24. The fourth-order valence-corrected chi connectivity index (χ4v) is 3.69. The minimum atomic E-state index is -0.00398. The maximum absolute atomic E-state index is 5.91. The van der Waals surface area contributed by atoms with Crippen LogP contribution >= 0.6 is 11.3 Å². The topological polar surface area (TPSA) is 71.4 Å². The molecule has 4 rings (SSSR count). The monoisotopic (exact) mass is 387 g/mol. The number of rotatable bonds is 5. The quantitative estimate of drug-likeness (QED) is 0.664. The van der Waals surface area contributed by atoms with Gasteiger partial charge in [-0.15, -0.1) is 11.3 Å². The fraction of sp³-hybridized carbons (Fsp3) is 0.526. The van der Waals surface area contributed by atoms with Crippen molar-refractivity contribution >= 4 is 11.3 Å². The Morgan fingerprint density at radius 1 is 1.07 bits per heavy atom. The van der Waals surface area contributed by atoms with E-state index >= 15 is 0 Å². The molecule has 0 bridgehead atoms. The van der Waals surface area contributed by atoms with Gasteiger partial charge in [-0.2, -0.15) is 4.98 Å². The number of thiophene rings is 1. The van der Waals surface area contributed by atoms with Crippen LogP contribution in [0.3, 0.4) is 0 Å². The Kier molecular flexibility index (Phi) is 5.12. The van der Waals surface area contributed by atoms with Gasteiger partial charge in [0, 0.05) is 31.6 Å². The van der Waals surface area contributed by atoms with E-state index in [4.69, 9.17) is 8.94 Å². The first-order chi connectivity index (χ1) is 13.0. The zero-order chi connectivity index (χ0) is 18.9. The van der Waals surface area contributed by atoms with Gasteiger partial charge >= 0.3 is 0 Å². The average molecular weight is 388 g/mol. The van der Waals surface area contributed by atoms with E-state index in [2.05, 4.69) is 45.7 Å². The van der Waals surface area contributed by atoms with Crippen molar-refractivity contribution in [1.82, 2.24) is 24.9 Å². The Morgan fingerprint density at radius 3 is 2.37 bits per heavy atom. The van der Waals surface area contributed by atoms with Gasteiger partial charge in [-0.05, 0) is 11.4 Å².